The molecule has 0 bridgehead atoms. The van der Waals surface area contributed by atoms with Gasteiger partial charge in [-0.2, -0.15) is 0 Å². The molecule has 148 valence electrons. The maximum atomic E-state index is 12.4. The third kappa shape index (κ3) is 4.48. The first kappa shape index (κ1) is 19.4. The lowest BCUT2D eigenvalue weighted by Gasteiger charge is -2.34. The molecule has 2 aromatic rings. The Morgan fingerprint density at radius 2 is 1.86 bits per heavy atom. The van der Waals surface area contributed by atoms with Crippen molar-refractivity contribution in [2.24, 2.45) is 0 Å². The summed E-state index contributed by atoms with van der Waals surface area (Å²) in [5, 5.41) is 2.77. The van der Waals surface area contributed by atoms with Crippen molar-refractivity contribution in [3.8, 4) is 5.75 Å². The van der Waals surface area contributed by atoms with Crippen LogP contribution in [0.25, 0.3) is 0 Å². The number of rotatable bonds is 5. The first-order chi connectivity index (χ1) is 13.6. The van der Waals surface area contributed by atoms with Crippen LogP contribution in [0.5, 0.6) is 5.75 Å². The van der Waals surface area contributed by atoms with Crippen molar-refractivity contribution >= 4 is 23.5 Å². The van der Waals surface area contributed by atoms with E-state index in [2.05, 4.69) is 15.3 Å². The lowest BCUT2D eigenvalue weighted by molar-refractivity contribution is 0.101. The normalized spacial score (nSPS) is 13.8. The summed E-state index contributed by atoms with van der Waals surface area (Å²) >= 11 is 0. The largest absolute Gasteiger partial charge is 0.495 e. The average Bonchev–Trinajstić information content (AvgIpc) is 2.74. The first-order valence-electron chi connectivity index (χ1n) is 9.05. The summed E-state index contributed by atoms with van der Waals surface area (Å²) in [6.07, 6.45) is 2.71. The van der Waals surface area contributed by atoms with Gasteiger partial charge in [0.05, 0.1) is 31.8 Å². The van der Waals surface area contributed by atoms with Crippen LogP contribution in [0.4, 0.5) is 16.3 Å². The number of methoxy groups -OCH3 is 1. The quantitative estimate of drug-likeness (QED) is 0.841. The topological polar surface area (TPSA) is 96.9 Å². The number of ether oxygens (including phenoxy) is 2. The molecule has 0 atom stereocenters. The Morgan fingerprint density at radius 3 is 2.50 bits per heavy atom. The molecule has 0 saturated carbocycles. The zero-order valence-electron chi connectivity index (χ0n) is 15.9. The molecule has 2 amide bonds. The number of carbonyl (C=O) groups excluding carboxylic acids is 2. The van der Waals surface area contributed by atoms with Crippen molar-refractivity contribution < 1.29 is 19.1 Å². The van der Waals surface area contributed by atoms with Gasteiger partial charge in [0.15, 0.2) is 0 Å². The van der Waals surface area contributed by atoms with Crippen molar-refractivity contribution in [1.29, 1.82) is 0 Å². The molecule has 1 saturated heterocycles. The number of nitrogens with zero attached hydrogens (tertiary/aromatic N) is 4. The highest BCUT2D eigenvalue weighted by Crippen LogP contribution is 2.23. The van der Waals surface area contributed by atoms with Crippen molar-refractivity contribution in [1.82, 2.24) is 14.9 Å². The van der Waals surface area contributed by atoms with E-state index in [0.29, 0.717) is 50.0 Å². The van der Waals surface area contributed by atoms with Crippen molar-refractivity contribution in [3.05, 3.63) is 42.4 Å². The van der Waals surface area contributed by atoms with Crippen molar-refractivity contribution in [3.63, 3.8) is 0 Å². The van der Waals surface area contributed by atoms with E-state index >= 15 is 0 Å². The van der Waals surface area contributed by atoms with Crippen LogP contribution in [0.2, 0.25) is 0 Å². The van der Waals surface area contributed by atoms with Crippen molar-refractivity contribution in [2.75, 3.05) is 50.1 Å². The molecule has 0 radical (unpaired) electrons. The van der Waals surface area contributed by atoms with Gasteiger partial charge in [0.25, 0.3) is 5.91 Å². The molecule has 1 aliphatic rings. The van der Waals surface area contributed by atoms with Gasteiger partial charge in [-0.05, 0) is 19.1 Å². The predicted molar refractivity (Wildman–Crippen MR) is 104 cm³/mol. The van der Waals surface area contributed by atoms with Gasteiger partial charge in [0.1, 0.15) is 17.3 Å². The summed E-state index contributed by atoms with van der Waals surface area (Å²) in [6, 6.07) is 7.15. The maximum absolute atomic E-state index is 12.4. The summed E-state index contributed by atoms with van der Waals surface area (Å²) in [7, 11) is 1.54. The zero-order valence-corrected chi connectivity index (χ0v) is 15.9. The van der Waals surface area contributed by atoms with E-state index in [1.54, 1.807) is 37.3 Å². The Hall–Kier alpha value is -3.36. The Kier molecular flexibility index (Phi) is 6.25. The highest BCUT2D eigenvalue weighted by Gasteiger charge is 2.23. The number of hydrogen-bond donors (Lipinski definition) is 1. The molecule has 1 fully saturated rings. The van der Waals surface area contributed by atoms with Crippen LogP contribution in [0.1, 0.15) is 17.4 Å². The Balaban J connectivity index is 1.59. The van der Waals surface area contributed by atoms with Crippen LogP contribution >= 0.6 is 0 Å². The molecule has 0 spiro atoms. The van der Waals surface area contributed by atoms with Gasteiger partial charge < -0.3 is 24.6 Å². The second kappa shape index (κ2) is 9.03. The van der Waals surface area contributed by atoms with Gasteiger partial charge in [-0.25, -0.2) is 14.8 Å². The second-order valence-corrected chi connectivity index (χ2v) is 6.09. The average molecular weight is 385 g/mol. The number of carbonyl (C=O) groups is 2. The molecule has 28 heavy (non-hydrogen) atoms. The SMILES string of the molecule is CCOC(=O)N1CCN(c2cnc(C(=O)Nc3ccccc3OC)cn2)CC1. The Labute approximate surface area is 163 Å². The second-order valence-electron chi connectivity index (χ2n) is 6.09. The van der Waals surface area contributed by atoms with Crippen LogP contribution in [0.3, 0.4) is 0 Å². The molecule has 1 aliphatic heterocycles. The molecule has 0 unspecified atom stereocenters. The van der Waals surface area contributed by atoms with E-state index in [-0.39, 0.29) is 17.7 Å². The number of nitrogens with one attached hydrogen (secondary N) is 1. The predicted octanol–water partition coefficient (Wildman–Crippen LogP) is 2.02. The zero-order chi connectivity index (χ0) is 19.9. The molecule has 9 nitrogen and oxygen atoms in total. The van der Waals surface area contributed by atoms with E-state index in [0.717, 1.165) is 0 Å². The van der Waals surface area contributed by atoms with E-state index < -0.39 is 0 Å². The van der Waals surface area contributed by atoms with Gasteiger partial charge >= 0.3 is 6.09 Å². The Morgan fingerprint density at radius 1 is 1.11 bits per heavy atom. The fraction of sp³-hybridized carbons (Fsp3) is 0.368. The van der Waals surface area contributed by atoms with Gasteiger partial charge in [-0.1, -0.05) is 12.1 Å². The lowest BCUT2D eigenvalue weighted by atomic mass is 10.3. The number of para-hydroxylation sites is 2. The van der Waals surface area contributed by atoms with Gasteiger partial charge in [-0.3, -0.25) is 4.79 Å². The molecule has 1 aromatic heterocycles. The molecule has 0 aliphatic carbocycles. The Bertz CT molecular complexity index is 819. The van der Waals surface area contributed by atoms with Crippen LogP contribution in [0, 0.1) is 0 Å². The standard InChI is InChI=1S/C19H23N5O4/c1-3-28-19(26)24-10-8-23(9-11-24)17-13-20-15(12-21-17)18(25)22-14-6-4-5-7-16(14)27-2/h4-7,12-13H,3,8-11H2,1-2H3,(H,22,25). The molecule has 3 rings (SSSR count). The van der Waals surface area contributed by atoms with E-state index in [1.165, 1.54) is 6.20 Å². The molecule has 1 aromatic carbocycles. The van der Waals surface area contributed by atoms with Crippen LogP contribution in [-0.2, 0) is 4.74 Å². The summed E-state index contributed by atoms with van der Waals surface area (Å²) in [5.41, 5.74) is 0.774. The fourth-order valence-electron chi connectivity index (χ4n) is 2.87. The van der Waals surface area contributed by atoms with E-state index in [4.69, 9.17) is 9.47 Å². The summed E-state index contributed by atoms with van der Waals surface area (Å²) in [6.45, 7) is 4.51. The van der Waals surface area contributed by atoms with Crippen molar-refractivity contribution in [2.45, 2.75) is 6.92 Å². The summed E-state index contributed by atoms with van der Waals surface area (Å²) in [5.74, 6) is 0.868. The van der Waals surface area contributed by atoms with Crippen LogP contribution in [-0.4, -0.2) is 66.8 Å². The van der Waals surface area contributed by atoms with Gasteiger partial charge in [-0.15, -0.1) is 0 Å². The number of benzene rings is 1. The molecular formula is C19H23N5O4. The summed E-state index contributed by atoms with van der Waals surface area (Å²) < 4.78 is 10.2. The van der Waals surface area contributed by atoms with Crippen LogP contribution in [0.15, 0.2) is 36.7 Å². The number of piperazine rings is 1. The highest BCUT2D eigenvalue weighted by molar-refractivity contribution is 6.03. The number of anilines is 2. The molecular weight excluding hydrogens is 362 g/mol. The molecule has 2 heterocycles. The fourth-order valence-corrected chi connectivity index (χ4v) is 2.87. The monoisotopic (exact) mass is 385 g/mol. The molecule has 9 heteroatoms. The number of aromatic nitrogens is 2. The number of amides is 2. The third-order valence-electron chi connectivity index (χ3n) is 4.36. The minimum Gasteiger partial charge on any atom is -0.495 e. The van der Waals surface area contributed by atoms with Crippen LogP contribution < -0.4 is 15.0 Å². The highest BCUT2D eigenvalue weighted by atomic mass is 16.6. The third-order valence-corrected chi connectivity index (χ3v) is 4.36. The van der Waals surface area contributed by atoms with E-state index in [9.17, 15) is 9.59 Å². The minimum absolute atomic E-state index is 0.208. The van der Waals surface area contributed by atoms with Gasteiger partial charge in [0, 0.05) is 26.2 Å². The first-order valence-corrected chi connectivity index (χ1v) is 9.05. The smallest absolute Gasteiger partial charge is 0.409 e. The maximum Gasteiger partial charge on any atom is 0.409 e. The minimum atomic E-state index is -0.365. The van der Waals surface area contributed by atoms with Gasteiger partial charge in [0.2, 0.25) is 0 Å². The summed E-state index contributed by atoms with van der Waals surface area (Å²) in [4.78, 5) is 36.4. The lowest BCUT2D eigenvalue weighted by Crippen LogP contribution is -2.49. The number of hydrogen-bond acceptors (Lipinski definition) is 7. The van der Waals surface area contributed by atoms with E-state index in [1.807, 2.05) is 17.0 Å². The molecule has 1 N–H and O–H groups in total.